The predicted molar refractivity (Wildman–Crippen MR) is 154 cm³/mol. The van der Waals surface area contributed by atoms with Crippen LogP contribution in [0.15, 0.2) is 99.1 Å². The molecule has 3 aromatic carbocycles. The van der Waals surface area contributed by atoms with E-state index in [9.17, 15) is 14.9 Å². The Morgan fingerprint density at radius 3 is 2.33 bits per heavy atom. The van der Waals surface area contributed by atoms with Crippen molar-refractivity contribution in [3.8, 4) is 23.0 Å². The molecule has 5 aromatic rings. The molecule has 40 heavy (non-hydrogen) atoms. The Morgan fingerprint density at radius 1 is 1.02 bits per heavy atom. The summed E-state index contributed by atoms with van der Waals surface area (Å²) in [5.74, 6) is 0. The lowest BCUT2D eigenvalue weighted by Crippen LogP contribution is -2.20. The van der Waals surface area contributed by atoms with Crippen LogP contribution >= 0.6 is 11.3 Å². The van der Waals surface area contributed by atoms with Crippen LogP contribution in [0, 0.1) is 28.4 Å². The summed E-state index contributed by atoms with van der Waals surface area (Å²) in [5, 5.41) is 27.0. The first-order valence-electron chi connectivity index (χ1n) is 12.2. The monoisotopic (exact) mass is 549 g/mol. The first kappa shape index (κ1) is 26.3. The molecule has 0 atom stereocenters. The molecule has 0 radical (unpaired) electrons. The van der Waals surface area contributed by atoms with E-state index in [2.05, 4.69) is 6.07 Å². The minimum absolute atomic E-state index is 0.0194. The lowest BCUT2D eigenvalue weighted by molar-refractivity contribution is -0.384. The number of nitro groups is 1. The van der Waals surface area contributed by atoms with Crippen molar-refractivity contribution in [3.05, 3.63) is 126 Å². The van der Waals surface area contributed by atoms with Crippen LogP contribution in [0.1, 0.15) is 23.7 Å². The average molecular weight is 550 g/mol. The highest BCUT2D eigenvalue weighted by atomic mass is 32.1. The number of nitro benzene ring substituents is 1. The first-order chi connectivity index (χ1) is 19.3. The van der Waals surface area contributed by atoms with Gasteiger partial charge in [0.1, 0.15) is 0 Å². The van der Waals surface area contributed by atoms with Gasteiger partial charge in [-0.25, -0.2) is 14.4 Å². The maximum absolute atomic E-state index is 13.5. The van der Waals surface area contributed by atoms with Gasteiger partial charge in [0.25, 0.3) is 11.2 Å². The Labute approximate surface area is 232 Å². The molecule has 0 saturated carbocycles. The van der Waals surface area contributed by atoms with E-state index >= 15 is 0 Å². The standard InChI is InChI=1S/C29H23N7O3S/c1-19(22-11-9-21(17-30)10-12-22)32-34-26(23-13-15-25(16-14-23)36(38)39)18-40-29(34)31-27-20(2)33(3)35(28(27)37)24-7-5-4-6-8-24/h4-16,18H,1-3H3. The fourth-order valence-electron chi connectivity index (χ4n) is 4.20. The maximum Gasteiger partial charge on any atom is 0.297 e. The molecule has 0 amide bonds. The zero-order valence-electron chi connectivity index (χ0n) is 21.8. The first-order valence-corrected chi connectivity index (χ1v) is 13.1. The summed E-state index contributed by atoms with van der Waals surface area (Å²) in [5.41, 5.74) is 4.75. The zero-order chi connectivity index (χ0) is 28.4. The Kier molecular flexibility index (Phi) is 7.09. The number of nitriles is 1. The summed E-state index contributed by atoms with van der Waals surface area (Å²) in [6.45, 7) is 3.67. The van der Waals surface area contributed by atoms with Crippen LogP contribution in [-0.2, 0) is 7.05 Å². The molecule has 198 valence electrons. The number of nitrogens with zero attached hydrogens (tertiary/aromatic N) is 7. The van der Waals surface area contributed by atoms with Crippen LogP contribution in [0.5, 0.6) is 0 Å². The molecule has 0 aliphatic heterocycles. The number of rotatable bonds is 6. The normalized spacial score (nSPS) is 11.9. The number of thiazole rings is 1. The summed E-state index contributed by atoms with van der Waals surface area (Å²) in [6, 6.07) is 24.7. The topological polar surface area (TPSA) is 124 Å². The van der Waals surface area contributed by atoms with Gasteiger partial charge in [0.05, 0.1) is 39.3 Å². The maximum atomic E-state index is 13.5. The van der Waals surface area contributed by atoms with E-state index in [-0.39, 0.29) is 16.9 Å². The fraction of sp³-hybridized carbons (Fsp3) is 0.103. The highest BCUT2D eigenvalue weighted by Crippen LogP contribution is 2.24. The molecule has 0 bridgehead atoms. The second-order valence-electron chi connectivity index (χ2n) is 8.92. The van der Waals surface area contributed by atoms with Crippen LogP contribution in [-0.4, -0.2) is 24.7 Å². The Bertz CT molecular complexity index is 1920. The highest BCUT2D eigenvalue weighted by molar-refractivity contribution is 7.07. The van der Waals surface area contributed by atoms with Gasteiger partial charge in [0.2, 0.25) is 4.80 Å². The molecule has 2 aromatic heterocycles. The molecule has 11 heteroatoms. The van der Waals surface area contributed by atoms with Crippen LogP contribution in [0.3, 0.4) is 0 Å². The lowest BCUT2D eigenvalue weighted by atomic mass is 10.1. The summed E-state index contributed by atoms with van der Waals surface area (Å²) in [6.07, 6.45) is 0. The van der Waals surface area contributed by atoms with Crippen LogP contribution < -0.4 is 10.4 Å². The number of hydrogen-bond donors (Lipinski definition) is 0. The highest BCUT2D eigenvalue weighted by Gasteiger charge is 2.17. The molecule has 0 aliphatic carbocycles. The Morgan fingerprint density at radius 2 is 1.70 bits per heavy atom. The van der Waals surface area contributed by atoms with Gasteiger partial charge < -0.3 is 0 Å². The van der Waals surface area contributed by atoms with Crippen molar-refractivity contribution < 1.29 is 4.92 Å². The molecule has 0 spiro atoms. The predicted octanol–water partition coefficient (Wildman–Crippen LogP) is 5.30. The van der Waals surface area contributed by atoms with Crippen LogP contribution in [0.4, 0.5) is 11.4 Å². The molecule has 2 heterocycles. The minimum atomic E-state index is -0.449. The van der Waals surface area contributed by atoms with E-state index in [0.29, 0.717) is 33.0 Å². The van der Waals surface area contributed by atoms with Gasteiger partial charge >= 0.3 is 0 Å². The molecular weight excluding hydrogens is 526 g/mol. The van der Waals surface area contributed by atoms with Crippen molar-refractivity contribution in [2.24, 2.45) is 17.1 Å². The third-order valence-corrected chi connectivity index (χ3v) is 7.29. The van der Waals surface area contributed by atoms with E-state index in [1.807, 2.05) is 61.7 Å². The smallest absolute Gasteiger partial charge is 0.283 e. The number of hydrogen-bond acceptors (Lipinski definition) is 7. The molecule has 0 N–H and O–H groups in total. The van der Waals surface area contributed by atoms with Gasteiger partial charge in [-0.3, -0.25) is 19.6 Å². The SMILES string of the molecule is CC(=Nn1c(-c2ccc([N+](=O)[O-])cc2)csc1=Nc1c(C)n(C)n(-c2ccccc2)c1=O)c1ccc(C#N)cc1. The molecule has 0 saturated heterocycles. The second kappa shape index (κ2) is 10.8. The van der Waals surface area contributed by atoms with Crippen LogP contribution in [0.2, 0.25) is 0 Å². The van der Waals surface area contributed by atoms with Gasteiger partial charge in [0.15, 0.2) is 5.69 Å². The van der Waals surface area contributed by atoms with Crippen molar-refractivity contribution in [2.45, 2.75) is 13.8 Å². The largest absolute Gasteiger partial charge is 0.297 e. The van der Waals surface area contributed by atoms with Crippen LogP contribution in [0.25, 0.3) is 16.9 Å². The van der Waals surface area contributed by atoms with Gasteiger partial charge in [-0.1, -0.05) is 30.3 Å². The van der Waals surface area contributed by atoms with Crippen molar-refractivity contribution in [1.82, 2.24) is 14.0 Å². The fourth-order valence-corrected chi connectivity index (χ4v) is 5.03. The van der Waals surface area contributed by atoms with E-state index < -0.39 is 4.92 Å². The van der Waals surface area contributed by atoms with E-state index in [1.165, 1.54) is 23.5 Å². The minimum Gasteiger partial charge on any atom is -0.283 e. The second-order valence-corrected chi connectivity index (χ2v) is 9.75. The summed E-state index contributed by atoms with van der Waals surface area (Å²) < 4.78 is 4.96. The van der Waals surface area contributed by atoms with Gasteiger partial charge in [0, 0.05) is 30.1 Å². The number of para-hydroxylation sites is 1. The third kappa shape index (κ3) is 4.91. The number of aromatic nitrogens is 3. The molecule has 5 rings (SSSR count). The van der Waals surface area contributed by atoms with Gasteiger partial charge in [-0.05, 0) is 55.8 Å². The Hall–Kier alpha value is -5.34. The van der Waals surface area contributed by atoms with Gasteiger partial charge in [-0.15, -0.1) is 11.3 Å². The number of benzene rings is 3. The number of non-ortho nitro benzene ring substituents is 1. The molecule has 0 fully saturated rings. The van der Waals surface area contributed by atoms with E-state index in [4.69, 9.17) is 15.4 Å². The molecule has 0 unspecified atom stereocenters. The third-order valence-electron chi connectivity index (χ3n) is 6.47. The quantitative estimate of drug-likeness (QED) is 0.162. The zero-order valence-corrected chi connectivity index (χ0v) is 22.7. The summed E-state index contributed by atoms with van der Waals surface area (Å²) in [4.78, 5) is 29.5. The van der Waals surface area contributed by atoms with E-state index in [0.717, 1.165) is 11.3 Å². The van der Waals surface area contributed by atoms with Crippen molar-refractivity contribution in [3.63, 3.8) is 0 Å². The van der Waals surface area contributed by atoms with E-state index in [1.54, 1.807) is 45.4 Å². The van der Waals surface area contributed by atoms with Crippen molar-refractivity contribution in [1.29, 1.82) is 5.26 Å². The molecular formula is C29H23N7O3S. The lowest BCUT2D eigenvalue weighted by Gasteiger charge is -2.07. The summed E-state index contributed by atoms with van der Waals surface area (Å²) >= 11 is 1.30. The van der Waals surface area contributed by atoms with Crippen molar-refractivity contribution >= 4 is 28.4 Å². The molecule has 10 nitrogen and oxygen atoms in total. The molecule has 0 aliphatic rings. The Balaban J connectivity index is 1.71. The summed E-state index contributed by atoms with van der Waals surface area (Å²) in [7, 11) is 1.81. The van der Waals surface area contributed by atoms with Gasteiger partial charge in [-0.2, -0.15) is 10.4 Å². The van der Waals surface area contributed by atoms with Crippen molar-refractivity contribution in [2.75, 3.05) is 0 Å². The average Bonchev–Trinajstić information content (AvgIpc) is 3.46.